The summed E-state index contributed by atoms with van der Waals surface area (Å²) in [6.07, 6.45) is 4.74. The first-order valence-electron chi connectivity index (χ1n) is 6.16. The fourth-order valence-corrected chi connectivity index (χ4v) is 2.68. The van der Waals surface area contributed by atoms with E-state index >= 15 is 0 Å². The molecule has 1 aliphatic heterocycles. The molecule has 1 unspecified atom stereocenters. The molecular weight excluding hydrogens is 226 g/mol. The van der Waals surface area contributed by atoms with E-state index < -0.39 is 0 Å². The predicted molar refractivity (Wildman–Crippen MR) is 67.4 cm³/mol. The molecule has 0 amide bonds. The third kappa shape index (κ3) is 1.32. The predicted octanol–water partition coefficient (Wildman–Crippen LogP) is 2.16. The van der Waals surface area contributed by atoms with Crippen molar-refractivity contribution in [3.05, 3.63) is 59.9 Å². The minimum atomic E-state index is 0.0983. The lowest BCUT2D eigenvalue weighted by Crippen LogP contribution is -2.31. The molecule has 0 aliphatic carbocycles. The topological polar surface area (TPSA) is 42.5 Å². The highest BCUT2D eigenvalue weighted by atomic mass is 16.3. The van der Waals surface area contributed by atoms with Gasteiger partial charge in [-0.2, -0.15) is 0 Å². The molecule has 0 radical (unpaired) electrons. The van der Waals surface area contributed by atoms with Crippen LogP contribution in [0.3, 0.4) is 0 Å². The Labute approximate surface area is 104 Å². The maximum absolute atomic E-state index is 5.54. The smallest absolute Gasteiger partial charge is 0.137 e. The van der Waals surface area contributed by atoms with Crippen LogP contribution in [-0.4, -0.2) is 15.9 Å². The van der Waals surface area contributed by atoms with Crippen molar-refractivity contribution in [1.29, 1.82) is 0 Å². The third-order valence-corrected chi connectivity index (χ3v) is 3.45. The Morgan fingerprint density at radius 2 is 2.28 bits per heavy atom. The number of imidazole rings is 1. The lowest BCUT2D eigenvalue weighted by atomic mass is 10.0. The van der Waals surface area contributed by atoms with Gasteiger partial charge in [0.25, 0.3) is 0 Å². The van der Waals surface area contributed by atoms with Gasteiger partial charge in [-0.05, 0) is 24.3 Å². The molecule has 1 N–H and O–H groups in total. The van der Waals surface area contributed by atoms with Crippen molar-refractivity contribution >= 4 is 5.65 Å². The molecular formula is C14H13N3O. The van der Waals surface area contributed by atoms with E-state index in [4.69, 9.17) is 9.40 Å². The van der Waals surface area contributed by atoms with Crippen molar-refractivity contribution in [3.63, 3.8) is 0 Å². The normalized spacial score (nSPS) is 19.0. The summed E-state index contributed by atoms with van der Waals surface area (Å²) in [4.78, 5) is 4.69. The summed E-state index contributed by atoms with van der Waals surface area (Å²) in [6.45, 7) is 0.933. The number of fused-ring (bicyclic) bond motifs is 3. The Bertz CT molecular complexity index is 684. The van der Waals surface area contributed by atoms with Gasteiger partial charge in [-0.15, -0.1) is 0 Å². The van der Waals surface area contributed by atoms with Gasteiger partial charge in [0, 0.05) is 19.2 Å². The molecule has 4 heteroatoms. The molecule has 0 saturated heterocycles. The van der Waals surface area contributed by atoms with Crippen LogP contribution in [0.25, 0.3) is 5.65 Å². The van der Waals surface area contributed by atoms with Crippen LogP contribution < -0.4 is 5.32 Å². The number of hydrogen-bond donors (Lipinski definition) is 1. The minimum Gasteiger partial charge on any atom is -0.467 e. The van der Waals surface area contributed by atoms with Crippen LogP contribution in [0.2, 0.25) is 0 Å². The highest BCUT2D eigenvalue weighted by molar-refractivity contribution is 5.46. The number of nitrogens with one attached hydrogen (secondary N) is 1. The molecule has 0 saturated carbocycles. The Kier molecular flexibility index (Phi) is 2.04. The first-order chi connectivity index (χ1) is 8.93. The van der Waals surface area contributed by atoms with E-state index in [1.807, 2.05) is 30.3 Å². The Hall–Kier alpha value is -2.07. The molecule has 90 valence electrons. The second-order valence-electron chi connectivity index (χ2n) is 4.53. The monoisotopic (exact) mass is 239 g/mol. The zero-order chi connectivity index (χ0) is 11.9. The number of furan rings is 1. The average Bonchev–Trinajstić information content (AvgIpc) is 3.05. The van der Waals surface area contributed by atoms with E-state index in [2.05, 4.69) is 15.9 Å². The average molecular weight is 239 g/mol. The van der Waals surface area contributed by atoms with Crippen molar-refractivity contribution in [1.82, 2.24) is 14.7 Å². The van der Waals surface area contributed by atoms with Crippen LogP contribution >= 0.6 is 0 Å². The SMILES string of the molecule is c1coc(C2NCCc3nc4ccccn4c32)c1. The summed E-state index contributed by atoms with van der Waals surface area (Å²) in [6, 6.07) is 10.1. The lowest BCUT2D eigenvalue weighted by molar-refractivity contribution is 0.427. The van der Waals surface area contributed by atoms with Gasteiger partial charge in [-0.1, -0.05) is 6.07 Å². The van der Waals surface area contributed by atoms with Gasteiger partial charge in [0.15, 0.2) is 0 Å². The van der Waals surface area contributed by atoms with E-state index in [1.54, 1.807) is 6.26 Å². The summed E-state index contributed by atoms with van der Waals surface area (Å²) in [5.74, 6) is 0.946. The summed E-state index contributed by atoms with van der Waals surface area (Å²) in [7, 11) is 0. The van der Waals surface area contributed by atoms with Gasteiger partial charge in [0.05, 0.1) is 17.7 Å². The van der Waals surface area contributed by atoms with Crippen LogP contribution in [0.5, 0.6) is 0 Å². The zero-order valence-electron chi connectivity index (χ0n) is 9.84. The van der Waals surface area contributed by atoms with E-state index in [-0.39, 0.29) is 6.04 Å². The molecule has 18 heavy (non-hydrogen) atoms. The fourth-order valence-electron chi connectivity index (χ4n) is 2.68. The second-order valence-corrected chi connectivity index (χ2v) is 4.53. The second kappa shape index (κ2) is 3.71. The molecule has 4 rings (SSSR count). The van der Waals surface area contributed by atoms with Crippen LogP contribution in [0.4, 0.5) is 0 Å². The van der Waals surface area contributed by atoms with Crippen molar-refractivity contribution < 1.29 is 4.42 Å². The largest absolute Gasteiger partial charge is 0.467 e. The van der Waals surface area contributed by atoms with E-state index in [0.29, 0.717) is 0 Å². The van der Waals surface area contributed by atoms with E-state index in [0.717, 1.165) is 24.4 Å². The van der Waals surface area contributed by atoms with Crippen molar-refractivity contribution in [2.75, 3.05) is 6.54 Å². The molecule has 4 nitrogen and oxygen atoms in total. The number of aromatic nitrogens is 2. The Balaban J connectivity index is 1.97. The fraction of sp³-hybridized carbons (Fsp3) is 0.214. The van der Waals surface area contributed by atoms with Crippen LogP contribution in [0.1, 0.15) is 23.2 Å². The van der Waals surface area contributed by atoms with Crippen LogP contribution in [0, 0.1) is 0 Å². The maximum Gasteiger partial charge on any atom is 0.137 e. The molecule has 0 fully saturated rings. The zero-order valence-corrected chi connectivity index (χ0v) is 9.84. The first kappa shape index (κ1) is 9.91. The first-order valence-corrected chi connectivity index (χ1v) is 6.16. The van der Waals surface area contributed by atoms with Gasteiger partial charge < -0.3 is 14.1 Å². The van der Waals surface area contributed by atoms with Gasteiger partial charge in [-0.3, -0.25) is 0 Å². The molecule has 1 aliphatic rings. The summed E-state index contributed by atoms with van der Waals surface area (Å²) in [5.41, 5.74) is 3.37. The van der Waals surface area contributed by atoms with Gasteiger partial charge in [0.1, 0.15) is 17.4 Å². The van der Waals surface area contributed by atoms with E-state index in [9.17, 15) is 0 Å². The number of nitrogens with zero attached hydrogens (tertiary/aromatic N) is 2. The van der Waals surface area contributed by atoms with Crippen molar-refractivity contribution in [2.24, 2.45) is 0 Å². The molecule has 3 aromatic rings. The quantitative estimate of drug-likeness (QED) is 0.707. The van der Waals surface area contributed by atoms with Crippen LogP contribution in [0.15, 0.2) is 47.2 Å². The third-order valence-electron chi connectivity index (χ3n) is 3.45. The maximum atomic E-state index is 5.54. The molecule has 1 atom stereocenters. The molecule has 0 spiro atoms. The highest BCUT2D eigenvalue weighted by Gasteiger charge is 2.27. The lowest BCUT2D eigenvalue weighted by Gasteiger charge is -2.22. The summed E-state index contributed by atoms with van der Waals surface area (Å²) in [5, 5.41) is 3.50. The van der Waals surface area contributed by atoms with Crippen molar-refractivity contribution in [3.8, 4) is 0 Å². The summed E-state index contributed by atoms with van der Waals surface area (Å²) < 4.78 is 7.69. The Morgan fingerprint density at radius 3 is 3.17 bits per heavy atom. The number of rotatable bonds is 1. The molecule has 0 aromatic carbocycles. The van der Waals surface area contributed by atoms with Crippen molar-refractivity contribution in [2.45, 2.75) is 12.5 Å². The van der Waals surface area contributed by atoms with Crippen LogP contribution in [-0.2, 0) is 6.42 Å². The van der Waals surface area contributed by atoms with Gasteiger partial charge in [-0.25, -0.2) is 4.98 Å². The molecule has 4 heterocycles. The minimum absolute atomic E-state index is 0.0983. The summed E-state index contributed by atoms with van der Waals surface area (Å²) >= 11 is 0. The Morgan fingerprint density at radius 1 is 1.28 bits per heavy atom. The standard InChI is InChI=1S/C14H13N3O/c1-2-8-17-12(5-1)16-10-6-7-15-13(14(10)17)11-4-3-9-18-11/h1-5,8-9,13,15H,6-7H2. The number of hydrogen-bond acceptors (Lipinski definition) is 3. The van der Waals surface area contributed by atoms with Gasteiger partial charge >= 0.3 is 0 Å². The van der Waals surface area contributed by atoms with E-state index in [1.165, 1.54) is 11.4 Å². The number of pyridine rings is 1. The molecule has 0 bridgehead atoms. The van der Waals surface area contributed by atoms with Gasteiger partial charge in [0.2, 0.25) is 0 Å². The molecule has 3 aromatic heterocycles. The highest BCUT2D eigenvalue weighted by Crippen LogP contribution is 2.29.